The van der Waals surface area contributed by atoms with E-state index in [1.54, 1.807) is 32.4 Å². The van der Waals surface area contributed by atoms with Crippen molar-refractivity contribution in [2.45, 2.75) is 26.3 Å². The molecule has 7 nitrogen and oxygen atoms in total. The van der Waals surface area contributed by atoms with E-state index < -0.39 is 6.04 Å². The highest BCUT2D eigenvalue weighted by atomic mass is 32.1. The van der Waals surface area contributed by atoms with Crippen LogP contribution in [0, 0.1) is 6.92 Å². The molecule has 23 heavy (non-hydrogen) atoms. The third kappa shape index (κ3) is 4.32. The number of amides is 1. The number of methoxy groups -OCH3 is 2. The van der Waals surface area contributed by atoms with E-state index in [-0.39, 0.29) is 5.91 Å². The zero-order valence-electron chi connectivity index (χ0n) is 13.5. The van der Waals surface area contributed by atoms with Crippen LogP contribution >= 0.6 is 11.3 Å². The molecule has 0 spiro atoms. The first-order valence-corrected chi connectivity index (χ1v) is 7.98. The number of nitrogens with one attached hydrogen (secondary N) is 2. The molecule has 2 aromatic rings. The Morgan fingerprint density at radius 1 is 1.30 bits per heavy atom. The Hall–Kier alpha value is -2.35. The summed E-state index contributed by atoms with van der Waals surface area (Å²) in [7, 11) is 3.17. The zero-order valence-corrected chi connectivity index (χ0v) is 14.4. The Morgan fingerprint density at radius 2 is 2.09 bits per heavy atom. The lowest BCUT2D eigenvalue weighted by molar-refractivity contribution is -0.117. The van der Waals surface area contributed by atoms with Crippen LogP contribution < -0.4 is 20.1 Å². The number of carbonyl (C=O) groups excluding carboxylic acids is 1. The number of aryl methyl sites for hydroxylation is 1. The monoisotopic (exact) mass is 336 g/mol. The lowest BCUT2D eigenvalue weighted by Gasteiger charge is -2.19. The van der Waals surface area contributed by atoms with Gasteiger partial charge in [-0.05, 0) is 25.5 Å². The second kappa shape index (κ2) is 7.77. The second-order valence-corrected chi connectivity index (χ2v) is 5.97. The molecule has 1 aromatic heterocycles. The van der Waals surface area contributed by atoms with Gasteiger partial charge < -0.3 is 14.8 Å². The van der Waals surface area contributed by atoms with Crippen LogP contribution in [-0.2, 0) is 4.79 Å². The number of anilines is 2. The highest BCUT2D eigenvalue weighted by Crippen LogP contribution is 2.30. The molecule has 0 bridgehead atoms. The predicted octanol–water partition coefficient (Wildman–Crippen LogP) is 2.69. The minimum Gasteiger partial charge on any atom is -0.497 e. The Balaban J connectivity index is 2.13. The number of aromatic nitrogens is 2. The lowest BCUT2D eigenvalue weighted by atomic mass is 10.2. The van der Waals surface area contributed by atoms with E-state index >= 15 is 0 Å². The van der Waals surface area contributed by atoms with Crippen molar-refractivity contribution in [3.63, 3.8) is 0 Å². The maximum atomic E-state index is 12.4. The van der Waals surface area contributed by atoms with Gasteiger partial charge in [0.05, 0.1) is 19.9 Å². The van der Waals surface area contributed by atoms with Gasteiger partial charge >= 0.3 is 0 Å². The topological polar surface area (TPSA) is 85.4 Å². The van der Waals surface area contributed by atoms with Gasteiger partial charge in [-0.1, -0.05) is 18.3 Å². The summed E-state index contributed by atoms with van der Waals surface area (Å²) in [6, 6.07) is 4.96. The maximum Gasteiger partial charge on any atom is 0.248 e. The summed E-state index contributed by atoms with van der Waals surface area (Å²) in [5.74, 6) is 1.15. The van der Waals surface area contributed by atoms with Gasteiger partial charge in [0.25, 0.3) is 0 Å². The van der Waals surface area contributed by atoms with E-state index in [4.69, 9.17) is 9.47 Å². The Kier molecular flexibility index (Phi) is 5.75. The van der Waals surface area contributed by atoms with Crippen molar-refractivity contribution in [1.29, 1.82) is 0 Å². The minimum atomic E-state index is -0.430. The SMILES string of the molecule is CC[C@H](Nc1cc(OC)ccc1OC)C(=O)Nc1nnc(C)s1. The molecule has 8 heteroatoms. The van der Waals surface area contributed by atoms with Crippen molar-refractivity contribution in [2.75, 3.05) is 24.9 Å². The maximum absolute atomic E-state index is 12.4. The van der Waals surface area contributed by atoms with Crippen LogP contribution in [0.15, 0.2) is 18.2 Å². The van der Waals surface area contributed by atoms with Gasteiger partial charge in [0.2, 0.25) is 11.0 Å². The van der Waals surface area contributed by atoms with Crippen molar-refractivity contribution in [2.24, 2.45) is 0 Å². The molecule has 0 aliphatic heterocycles. The van der Waals surface area contributed by atoms with Crippen molar-refractivity contribution < 1.29 is 14.3 Å². The molecular formula is C15H20N4O3S. The summed E-state index contributed by atoms with van der Waals surface area (Å²) in [6.07, 6.45) is 0.601. The van der Waals surface area contributed by atoms with E-state index in [9.17, 15) is 4.79 Å². The summed E-state index contributed by atoms with van der Waals surface area (Å²) >= 11 is 1.34. The normalized spacial score (nSPS) is 11.7. The standard InChI is InChI=1S/C15H20N4O3S/c1-5-11(14(20)17-15-19-18-9(2)23-15)16-12-8-10(21-3)6-7-13(12)22-4/h6-8,11,16H,5H2,1-4H3,(H,17,19,20)/t11-/m0/s1. The Bertz CT molecular complexity index is 674. The molecule has 0 fully saturated rings. The average molecular weight is 336 g/mol. The summed E-state index contributed by atoms with van der Waals surface area (Å²) in [6.45, 7) is 3.76. The highest BCUT2D eigenvalue weighted by molar-refractivity contribution is 7.15. The van der Waals surface area contributed by atoms with Crippen LogP contribution in [0.2, 0.25) is 0 Å². The molecule has 1 heterocycles. The molecule has 2 N–H and O–H groups in total. The van der Waals surface area contributed by atoms with Crippen molar-refractivity contribution in [3.8, 4) is 11.5 Å². The molecule has 0 radical (unpaired) electrons. The molecule has 0 saturated carbocycles. The number of nitrogens with zero attached hydrogens (tertiary/aromatic N) is 2. The largest absolute Gasteiger partial charge is 0.497 e. The summed E-state index contributed by atoms with van der Waals surface area (Å²) < 4.78 is 10.5. The highest BCUT2D eigenvalue weighted by Gasteiger charge is 2.19. The Labute approximate surface area is 139 Å². The molecule has 1 atom stereocenters. The van der Waals surface area contributed by atoms with E-state index in [1.165, 1.54) is 11.3 Å². The van der Waals surface area contributed by atoms with E-state index in [0.717, 1.165) is 5.01 Å². The summed E-state index contributed by atoms with van der Waals surface area (Å²) in [5, 5.41) is 15.0. The number of hydrogen-bond acceptors (Lipinski definition) is 7. The van der Waals surface area contributed by atoms with Crippen LogP contribution in [-0.4, -0.2) is 36.4 Å². The average Bonchev–Trinajstić information content (AvgIpc) is 2.97. The lowest BCUT2D eigenvalue weighted by Crippen LogP contribution is -2.34. The first-order valence-electron chi connectivity index (χ1n) is 7.17. The van der Waals surface area contributed by atoms with Crippen molar-refractivity contribution in [3.05, 3.63) is 23.2 Å². The second-order valence-electron chi connectivity index (χ2n) is 4.79. The van der Waals surface area contributed by atoms with Gasteiger partial charge in [-0.2, -0.15) is 0 Å². The predicted molar refractivity (Wildman–Crippen MR) is 90.5 cm³/mol. The molecule has 1 aromatic carbocycles. The molecule has 0 saturated heterocycles. The molecular weight excluding hydrogens is 316 g/mol. The van der Waals surface area contributed by atoms with E-state index in [1.807, 2.05) is 13.8 Å². The smallest absolute Gasteiger partial charge is 0.248 e. The van der Waals surface area contributed by atoms with Gasteiger partial charge in [-0.25, -0.2) is 0 Å². The molecule has 1 amide bonds. The van der Waals surface area contributed by atoms with Gasteiger partial charge in [0.1, 0.15) is 22.5 Å². The summed E-state index contributed by atoms with van der Waals surface area (Å²) in [4.78, 5) is 12.4. The first kappa shape index (κ1) is 17.0. The molecule has 2 rings (SSSR count). The minimum absolute atomic E-state index is 0.173. The van der Waals surface area contributed by atoms with E-state index in [0.29, 0.717) is 28.7 Å². The number of ether oxygens (including phenoxy) is 2. The number of hydrogen-bond donors (Lipinski definition) is 2. The zero-order chi connectivity index (χ0) is 16.8. The Morgan fingerprint density at radius 3 is 2.65 bits per heavy atom. The van der Waals surface area contributed by atoms with Crippen LogP contribution in [0.25, 0.3) is 0 Å². The van der Waals surface area contributed by atoms with Crippen molar-refractivity contribution >= 4 is 28.1 Å². The number of rotatable bonds is 7. The third-order valence-corrected chi connectivity index (χ3v) is 3.97. The van der Waals surface area contributed by atoms with Crippen molar-refractivity contribution in [1.82, 2.24) is 10.2 Å². The molecule has 0 aliphatic carbocycles. The quantitative estimate of drug-likeness (QED) is 0.808. The van der Waals surface area contributed by atoms with Gasteiger partial charge in [0.15, 0.2) is 0 Å². The van der Waals surface area contributed by atoms with Crippen LogP contribution in [0.5, 0.6) is 11.5 Å². The molecule has 124 valence electrons. The van der Waals surface area contributed by atoms with Gasteiger partial charge in [-0.15, -0.1) is 10.2 Å². The van der Waals surface area contributed by atoms with Gasteiger partial charge in [0, 0.05) is 6.07 Å². The van der Waals surface area contributed by atoms with E-state index in [2.05, 4.69) is 20.8 Å². The number of benzene rings is 1. The fourth-order valence-corrected chi connectivity index (χ4v) is 2.60. The molecule has 0 unspecified atom stereocenters. The fraction of sp³-hybridized carbons (Fsp3) is 0.400. The van der Waals surface area contributed by atoms with Gasteiger partial charge in [-0.3, -0.25) is 10.1 Å². The van der Waals surface area contributed by atoms with Crippen LogP contribution in [0.3, 0.4) is 0 Å². The first-order chi connectivity index (χ1) is 11.1. The third-order valence-electron chi connectivity index (χ3n) is 3.22. The number of carbonyl (C=O) groups is 1. The van der Waals surface area contributed by atoms with Crippen LogP contribution in [0.4, 0.5) is 10.8 Å². The fourth-order valence-electron chi connectivity index (χ4n) is 2.01. The molecule has 0 aliphatic rings. The van der Waals surface area contributed by atoms with Crippen LogP contribution in [0.1, 0.15) is 18.4 Å². The summed E-state index contributed by atoms with van der Waals surface area (Å²) in [5.41, 5.74) is 0.697.